The molecule has 1 heterocycles. The van der Waals surface area contributed by atoms with Crippen molar-refractivity contribution in [3.05, 3.63) is 78.0 Å². The molecule has 0 aliphatic carbocycles. The van der Waals surface area contributed by atoms with Gasteiger partial charge in [-0.15, -0.1) is 0 Å². The van der Waals surface area contributed by atoms with E-state index in [-0.39, 0.29) is 12.0 Å². The Morgan fingerprint density at radius 1 is 1.04 bits per heavy atom. The highest BCUT2D eigenvalue weighted by Gasteiger charge is 2.13. The molecular formula is C19H18N2O2. The number of hydrogen-bond donors (Lipinski definition) is 1. The van der Waals surface area contributed by atoms with Crippen LogP contribution in [0.25, 0.3) is 10.9 Å². The Balaban J connectivity index is 1.70. The van der Waals surface area contributed by atoms with Crippen LogP contribution < -0.4 is 5.32 Å². The zero-order valence-electron chi connectivity index (χ0n) is 12.9. The number of rotatable bonds is 5. The van der Waals surface area contributed by atoms with Crippen molar-refractivity contribution in [3.63, 3.8) is 0 Å². The molecule has 1 atom stereocenters. The third-order valence-corrected chi connectivity index (χ3v) is 3.73. The number of aromatic nitrogens is 1. The molecular weight excluding hydrogens is 288 g/mol. The molecule has 0 bridgehead atoms. The topological polar surface area (TPSA) is 51.2 Å². The summed E-state index contributed by atoms with van der Waals surface area (Å²) in [5, 5.41) is 3.90. The summed E-state index contributed by atoms with van der Waals surface area (Å²) in [6.07, 6.45) is -0.180. The molecule has 3 aromatic rings. The maximum Gasteiger partial charge on any atom is 0.270 e. The third kappa shape index (κ3) is 3.55. The van der Waals surface area contributed by atoms with Crippen LogP contribution in [0.3, 0.4) is 0 Å². The number of amides is 1. The van der Waals surface area contributed by atoms with Gasteiger partial charge in [0.2, 0.25) is 0 Å². The maximum absolute atomic E-state index is 12.3. The van der Waals surface area contributed by atoms with E-state index >= 15 is 0 Å². The number of nitrogens with one attached hydrogen (secondary N) is 1. The smallest absolute Gasteiger partial charge is 0.270 e. The van der Waals surface area contributed by atoms with E-state index in [0.717, 1.165) is 16.5 Å². The molecule has 3 rings (SSSR count). The van der Waals surface area contributed by atoms with Crippen LogP contribution in [-0.4, -0.2) is 24.5 Å². The zero-order chi connectivity index (χ0) is 16.1. The molecule has 116 valence electrons. The van der Waals surface area contributed by atoms with E-state index in [9.17, 15) is 4.79 Å². The lowest BCUT2D eigenvalue weighted by molar-refractivity contribution is 0.0824. The predicted octanol–water partition coefficient (Wildman–Crippen LogP) is 3.35. The Labute approximate surface area is 135 Å². The summed E-state index contributed by atoms with van der Waals surface area (Å²) in [5.74, 6) is -0.200. The van der Waals surface area contributed by atoms with E-state index in [1.165, 1.54) is 0 Å². The van der Waals surface area contributed by atoms with Gasteiger partial charge < -0.3 is 10.1 Å². The lowest BCUT2D eigenvalue weighted by atomic mass is 10.1. The van der Waals surface area contributed by atoms with Crippen LogP contribution in [0.15, 0.2) is 66.7 Å². The number of nitrogens with zero attached hydrogens (tertiary/aromatic N) is 1. The standard InChI is InChI=1S/C19H18N2O2/c1-23-18(15-8-3-2-4-9-15)13-20-19(22)17-12-11-14-7-5-6-10-16(14)21-17/h2-12,18H,13H2,1H3,(H,20,22). The number of carbonyl (C=O) groups is 1. The molecule has 1 unspecified atom stereocenters. The van der Waals surface area contributed by atoms with Crippen LogP contribution in [0.4, 0.5) is 0 Å². The Hall–Kier alpha value is -2.72. The second-order valence-electron chi connectivity index (χ2n) is 5.23. The largest absolute Gasteiger partial charge is 0.375 e. The number of hydrogen-bond acceptors (Lipinski definition) is 3. The molecule has 2 aromatic carbocycles. The van der Waals surface area contributed by atoms with E-state index in [1.54, 1.807) is 13.2 Å². The molecule has 0 aliphatic heterocycles. The van der Waals surface area contributed by atoms with Crippen LogP contribution in [0.1, 0.15) is 22.2 Å². The average molecular weight is 306 g/mol. The number of para-hydroxylation sites is 1. The van der Waals surface area contributed by atoms with Crippen molar-refractivity contribution < 1.29 is 9.53 Å². The van der Waals surface area contributed by atoms with Gasteiger partial charge in [-0.3, -0.25) is 4.79 Å². The number of benzene rings is 2. The van der Waals surface area contributed by atoms with Crippen molar-refractivity contribution in [1.29, 1.82) is 0 Å². The minimum Gasteiger partial charge on any atom is -0.375 e. The van der Waals surface area contributed by atoms with Gasteiger partial charge in [0.1, 0.15) is 5.69 Å². The Bertz CT molecular complexity index is 803. The molecule has 1 N–H and O–H groups in total. The van der Waals surface area contributed by atoms with Gasteiger partial charge in [0, 0.05) is 19.0 Å². The van der Waals surface area contributed by atoms with Crippen molar-refractivity contribution in [2.45, 2.75) is 6.10 Å². The molecule has 1 aromatic heterocycles. The van der Waals surface area contributed by atoms with Crippen LogP contribution in [0, 0.1) is 0 Å². The van der Waals surface area contributed by atoms with E-state index < -0.39 is 0 Å². The molecule has 0 radical (unpaired) electrons. The van der Waals surface area contributed by atoms with Gasteiger partial charge in [0.25, 0.3) is 5.91 Å². The normalized spacial score (nSPS) is 12.0. The summed E-state index contributed by atoms with van der Waals surface area (Å²) in [4.78, 5) is 16.7. The Kier molecular flexibility index (Phi) is 4.64. The van der Waals surface area contributed by atoms with Gasteiger partial charge >= 0.3 is 0 Å². The summed E-state index contributed by atoms with van der Waals surface area (Å²) in [6, 6.07) is 21.2. The summed E-state index contributed by atoms with van der Waals surface area (Å²) in [5.41, 5.74) is 2.25. The average Bonchev–Trinajstić information content (AvgIpc) is 2.62. The van der Waals surface area contributed by atoms with E-state index in [0.29, 0.717) is 12.2 Å². The first-order valence-corrected chi connectivity index (χ1v) is 7.49. The molecule has 0 spiro atoms. The molecule has 0 aliphatic rings. The van der Waals surface area contributed by atoms with Crippen LogP contribution in [-0.2, 0) is 4.74 Å². The van der Waals surface area contributed by atoms with E-state index in [4.69, 9.17) is 4.74 Å². The Morgan fingerprint density at radius 2 is 1.78 bits per heavy atom. The molecule has 4 heteroatoms. The molecule has 23 heavy (non-hydrogen) atoms. The fourth-order valence-corrected chi connectivity index (χ4v) is 2.47. The van der Waals surface area contributed by atoms with Gasteiger partial charge in [-0.25, -0.2) is 4.98 Å². The molecule has 0 fully saturated rings. The minimum absolute atomic E-state index is 0.180. The molecule has 4 nitrogen and oxygen atoms in total. The summed E-state index contributed by atoms with van der Waals surface area (Å²) in [6.45, 7) is 0.397. The summed E-state index contributed by atoms with van der Waals surface area (Å²) < 4.78 is 5.46. The van der Waals surface area contributed by atoms with Crippen molar-refractivity contribution in [1.82, 2.24) is 10.3 Å². The summed E-state index contributed by atoms with van der Waals surface area (Å²) in [7, 11) is 1.64. The second-order valence-corrected chi connectivity index (χ2v) is 5.23. The lowest BCUT2D eigenvalue weighted by Gasteiger charge is -2.16. The first-order chi connectivity index (χ1) is 11.3. The van der Waals surface area contributed by atoms with Crippen LogP contribution in [0.5, 0.6) is 0 Å². The first-order valence-electron chi connectivity index (χ1n) is 7.49. The van der Waals surface area contributed by atoms with Gasteiger partial charge in [-0.1, -0.05) is 54.6 Å². The number of methoxy groups -OCH3 is 1. The van der Waals surface area contributed by atoms with Gasteiger partial charge in [0.15, 0.2) is 0 Å². The summed E-state index contributed by atoms with van der Waals surface area (Å²) >= 11 is 0. The third-order valence-electron chi connectivity index (χ3n) is 3.73. The zero-order valence-corrected chi connectivity index (χ0v) is 12.9. The van der Waals surface area contributed by atoms with Crippen molar-refractivity contribution >= 4 is 16.8 Å². The predicted molar refractivity (Wildman–Crippen MR) is 90.3 cm³/mol. The number of fused-ring (bicyclic) bond motifs is 1. The first kappa shape index (κ1) is 15.2. The second kappa shape index (κ2) is 7.03. The maximum atomic E-state index is 12.3. The highest BCUT2D eigenvalue weighted by molar-refractivity contribution is 5.94. The highest BCUT2D eigenvalue weighted by atomic mass is 16.5. The number of pyridine rings is 1. The monoisotopic (exact) mass is 306 g/mol. The van der Waals surface area contributed by atoms with Gasteiger partial charge in [-0.05, 0) is 17.7 Å². The van der Waals surface area contributed by atoms with E-state index in [1.807, 2.05) is 60.7 Å². The van der Waals surface area contributed by atoms with Crippen molar-refractivity contribution in [2.75, 3.05) is 13.7 Å². The molecule has 0 saturated heterocycles. The molecule has 1 amide bonds. The minimum atomic E-state index is -0.200. The SMILES string of the molecule is COC(CNC(=O)c1ccc2ccccc2n1)c1ccccc1. The van der Waals surface area contributed by atoms with Crippen LogP contribution >= 0.6 is 0 Å². The fraction of sp³-hybridized carbons (Fsp3) is 0.158. The Morgan fingerprint density at radius 3 is 2.57 bits per heavy atom. The lowest BCUT2D eigenvalue weighted by Crippen LogP contribution is -2.29. The highest BCUT2D eigenvalue weighted by Crippen LogP contribution is 2.15. The van der Waals surface area contributed by atoms with E-state index in [2.05, 4.69) is 10.3 Å². The number of carbonyl (C=O) groups excluding carboxylic acids is 1. The fourth-order valence-electron chi connectivity index (χ4n) is 2.47. The van der Waals surface area contributed by atoms with Crippen LogP contribution in [0.2, 0.25) is 0 Å². The van der Waals surface area contributed by atoms with Gasteiger partial charge in [-0.2, -0.15) is 0 Å². The quantitative estimate of drug-likeness (QED) is 0.786. The van der Waals surface area contributed by atoms with Crippen molar-refractivity contribution in [3.8, 4) is 0 Å². The number of ether oxygens (including phenoxy) is 1. The van der Waals surface area contributed by atoms with Crippen molar-refractivity contribution in [2.24, 2.45) is 0 Å². The van der Waals surface area contributed by atoms with Gasteiger partial charge in [0.05, 0.1) is 11.6 Å². The molecule has 0 saturated carbocycles.